The highest BCUT2D eigenvalue weighted by Crippen LogP contribution is 2.20. The Hall–Kier alpha value is -2.54. The summed E-state index contributed by atoms with van der Waals surface area (Å²) in [6, 6.07) is 11.4. The van der Waals surface area contributed by atoms with E-state index in [-0.39, 0.29) is 11.8 Å². The average molecular weight is 327 g/mol. The summed E-state index contributed by atoms with van der Waals surface area (Å²) in [6.45, 7) is 5.94. The van der Waals surface area contributed by atoms with E-state index in [2.05, 4.69) is 20.6 Å². The second-order valence-corrected chi connectivity index (χ2v) is 6.62. The van der Waals surface area contributed by atoms with E-state index in [1.54, 1.807) is 4.68 Å². The Morgan fingerprint density at radius 3 is 2.57 bits per heavy atom. The molecule has 6 nitrogen and oxygen atoms in total. The summed E-state index contributed by atoms with van der Waals surface area (Å²) in [7, 11) is 0. The largest absolute Gasteiger partial charge is 0.295 e. The van der Waals surface area contributed by atoms with Gasteiger partial charge in [-0.3, -0.25) is 10.1 Å². The first-order valence-electron chi connectivity index (χ1n) is 7.31. The summed E-state index contributed by atoms with van der Waals surface area (Å²) >= 11 is 1.34. The number of aromatic nitrogens is 4. The molecule has 0 saturated carbocycles. The van der Waals surface area contributed by atoms with Crippen molar-refractivity contribution < 1.29 is 4.79 Å². The Balaban J connectivity index is 1.98. The number of nitrogens with zero attached hydrogens (tertiary/aromatic N) is 4. The Labute approximate surface area is 138 Å². The molecule has 2 aromatic heterocycles. The van der Waals surface area contributed by atoms with E-state index in [4.69, 9.17) is 0 Å². The quantitative estimate of drug-likeness (QED) is 0.797. The number of anilines is 1. The molecule has 1 aromatic carbocycles. The van der Waals surface area contributed by atoms with Gasteiger partial charge in [-0.15, -0.1) is 10.2 Å². The molecule has 0 aliphatic rings. The first-order chi connectivity index (χ1) is 11.0. The summed E-state index contributed by atoms with van der Waals surface area (Å²) in [5.74, 6) is -0.0142. The molecule has 3 rings (SSSR count). The molecule has 0 aliphatic heterocycles. The topological polar surface area (TPSA) is 72.7 Å². The average Bonchev–Trinajstić information content (AvgIpc) is 3.15. The summed E-state index contributed by atoms with van der Waals surface area (Å²) in [5.41, 5.74) is 2.19. The maximum Gasteiger partial charge on any atom is 0.276 e. The lowest BCUT2D eigenvalue weighted by molar-refractivity contribution is 0.101. The van der Waals surface area contributed by atoms with Crippen molar-refractivity contribution in [1.82, 2.24) is 20.0 Å². The first-order valence-corrected chi connectivity index (χ1v) is 8.13. The normalized spacial score (nSPS) is 11.0. The number of hydrogen-bond acceptors (Lipinski definition) is 5. The summed E-state index contributed by atoms with van der Waals surface area (Å²) < 4.78 is 1.67. The molecule has 0 spiro atoms. The third kappa shape index (κ3) is 3.29. The maximum absolute atomic E-state index is 12.6. The van der Waals surface area contributed by atoms with Crippen molar-refractivity contribution >= 4 is 22.4 Å². The maximum atomic E-state index is 12.6. The van der Waals surface area contributed by atoms with Crippen LogP contribution in [0.4, 0.5) is 5.13 Å². The van der Waals surface area contributed by atoms with Crippen LogP contribution in [0, 0.1) is 6.92 Å². The molecule has 0 saturated heterocycles. The van der Waals surface area contributed by atoms with Crippen LogP contribution in [-0.2, 0) is 0 Å². The molecule has 0 unspecified atom stereocenters. The molecular formula is C16H17N5OS. The standard InChI is InChI=1S/C16H17N5OS/c1-10(2)13-9-14(15(22)17-16-19-18-11(3)23-16)21(20-13)12-7-5-4-6-8-12/h4-10H,1-3H3,(H,17,19,22). The van der Waals surface area contributed by atoms with Crippen LogP contribution in [0.25, 0.3) is 5.69 Å². The molecule has 118 valence electrons. The number of aryl methyl sites for hydroxylation is 1. The number of nitrogens with one attached hydrogen (secondary N) is 1. The molecule has 1 N–H and O–H groups in total. The molecule has 0 atom stereocenters. The van der Waals surface area contributed by atoms with Crippen LogP contribution < -0.4 is 5.32 Å². The molecule has 23 heavy (non-hydrogen) atoms. The van der Waals surface area contributed by atoms with E-state index in [9.17, 15) is 4.79 Å². The minimum atomic E-state index is -0.246. The van der Waals surface area contributed by atoms with Gasteiger partial charge in [0.05, 0.1) is 11.4 Å². The Morgan fingerprint density at radius 1 is 1.22 bits per heavy atom. The van der Waals surface area contributed by atoms with Crippen molar-refractivity contribution in [2.45, 2.75) is 26.7 Å². The second-order valence-electron chi connectivity index (χ2n) is 5.44. The van der Waals surface area contributed by atoms with Gasteiger partial charge in [0.2, 0.25) is 5.13 Å². The van der Waals surface area contributed by atoms with E-state index in [0.717, 1.165) is 16.4 Å². The highest BCUT2D eigenvalue weighted by Gasteiger charge is 2.19. The predicted octanol–water partition coefficient (Wildman–Crippen LogP) is 3.41. The third-order valence-corrected chi connectivity index (χ3v) is 4.05. The van der Waals surface area contributed by atoms with Gasteiger partial charge in [-0.05, 0) is 31.0 Å². The lowest BCUT2D eigenvalue weighted by Crippen LogP contribution is -2.16. The minimum Gasteiger partial charge on any atom is -0.295 e. The SMILES string of the molecule is Cc1nnc(NC(=O)c2cc(C(C)C)nn2-c2ccccc2)s1. The fraction of sp³-hybridized carbons (Fsp3) is 0.250. The monoisotopic (exact) mass is 327 g/mol. The van der Waals surface area contributed by atoms with Crippen LogP contribution in [0.2, 0.25) is 0 Å². The van der Waals surface area contributed by atoms with Gasteiger partial charge >= 0.3 is 0 Å². The number of hydrogen-bond donors (Lipinski definition) is 1. The fourth-order valence-electron chi connectivity index (χ4n) is 2.12. The molecule has 3 aromatic rings. The fourth-order valence-corrected chi connectivity index (χ4v) is 2.70. The van der Waals surface area contributed by atoms with Gasteiger partial charge in [-0.25, -0.2) is 4.68 Å². The molecular weight excluding hydrogens is 310 g/mol. The zero-order valence-corrected chi connectivity index (χ0v) is 14.0. The van der Waals surface area contributed by atoms with E-state index in [0.29, 0.717) is 10.8 Å². The first kappa shape index (κ1) is 15.4. The predicted molar refractivity (Wildman–Crippen MR) is 90.3 cm³/mol. The number of carbonyl (C=O) groups excluding carboxylic acids is 1. The van der Waals surface area contributed by atoms with Gasteiger partial charge in [0.15, 0.2) is 0 Å². The van der Waals surface area contributed by atoms with E-state index >= 15 is 0 Å². The van der Waals surface area contributed by atoms with Crippen molar-refractivity contribution in [3.8, 4) is 5.69 Å². The molecule has 0 fully saturated rings. The van der Waals surface area contributed by atoms with Gasteiger partial charge in [-0.2, -0.15) is 5.10 Å². The Bertz CT molecular complexity index is 822. The van der Waals surface area contributed by atoms with Crippen LogP contribution in [0.1, 0.15) is 41.0 Å². The summed E-state index contributed by atoms with van der Waals surface area (Å²) in [5, 5.41) is 16.5. The van der Waals surface area contributed by atoms with Gasteiger partial charge < -0.3 is 0 Å². The van der Waals surface area contributed by atoms with E-state index in [1.165, 1.54) is 11.3 Å². The van der Waals surface area contributed by atoms with Crippen LogP contribution in [0.3, 0.4) is 0 Å². The molecule has 1 amide bonds. The van der Waals surface area contributed by atoms with Crippen molar-refractivity contribution in [2.24, 2.45) is 0 Å². The van der Waals surface area contributed by atoms with Gasteiger partial charge in [0.1, 0.15) is 10.7 Å². The Kier molecular flexibility index (Phi) is 4.20. The van der Waals surface area contributed by atoms with Crippen LogP contribution in [-0.4, -0.2) is 25.9 Å². The Morgan fingerprint density at radius 2 is 1.96 bits per heavy atom. The van der Waals surface area contributed by atoms with Crippen LogP contribution in [0.5, 0.6) is 0 Å². The number of benzene rings is 1. The highest BCUT2D eigenvalue weighted by atomic mass is 32.1. The number of para-hydroxylation sites is 1. The highest BCUT2D eigenvalue weighted by molar-refractivity contribution is 7.15. The lowest BCUT2D eigenvalue weighted by atomic mass is 10.1. The van der Waals surface area contributed by atoms with E-state index < -0.39 is 0 Å². The molecule has 0 aliphatic carbocycles. The molecule has 2 heterocycles. The molecule has 0 bridgehead atoms. The van der Waals surface area contributed by atoms with Crippen molar-refractivity contribution in [2.75, 3.05) is 5.32 Å². The number of carbonyl (C=O) groups is 1. The summed E-state index contributed by atoms with van der Waals surface area (Å²) in [6.07, 6.45) is 0. The minimum absolute atomic E-state index is 0.232. The van der Waals surface area contributed by atoms with E-state index in [1.807, 2.05) is 57.2 Å². The number of rotatable bonds is 4. The summed E-state index contributed by atoms with van der Waals surface area (Å²) in [4.78, 5) is 12.6. The molecule has 0 radical (unpaired) electrons. The van der Waals surface area contributed by atoms with Crippen LogP contribution in [0.15, 0.2) is 36.4 Å². The van der Waals surface area contributed by atoms with Crippen molar-refractivity contribution in [1.29, 1.82) is 0 Å². The lowest BCUT2D eigenvalue weighted by Gasteiger charge is -2.06. The van der Waals surface area contributed by atoms with Gasteiger partial charge in [-0.1, -0.05) is 43.4 Å². The van der Waals surface area contributed by atoms with Crippen molar-refractivity contribution in [3.63, 3.8) is 0 Å². The van der Waals surface area contributed by atoms with Gasteiger partial charge in [0, 0.05) is 0 Å². The zero-order valence-electron chi connectivity index (χ0n) is 13.1. The smallest absolute Gasteiger partial charge is 0.276 e. The van der Waals surface area contributed by atoms with Crippen molar-refractivity contribution in [3.05, 3.63) is 52.8 Å². The molecule has 7 heteroatoms. The van der Waals surface area contributed by atoms with Gasteiger partial charge in [0.25, 0.3) is 5.91 Å². The third-order valence-electron chi connectivity index (χ3n) is 3.30. The van der Waals surface area contributed by atoms with Crippen LogP contribution >= 0.6 is 11.3 Å². The zero-order chi connectivity index (χ0) is 16.4. The number of amides is 1. The second kappa shape index (κ2) is 6.29.